The minimum absolute atomic E-state index is 0.0691. The lowest BCUT2D eigenvalue weighted by molar-refractivity contribution is 0.0633. The quantitative estimate of drug-likeness (QED) is 0.493. The van der Waals surface area contributed by atoms with Crippen LogP contribution in [0, 0.1) is 24.7 Å². The molecule has 1 amide bonds. The fourth-order valence-electron chi connectivity index (χ4n) is 2.10. The lowest BCUT2D eigenvalue weighted by atomic mass is 10.1. The molecule has 28 heavy (non-hydrogen) atoms. The van der Waals surface area contributed by atoms with Crippen LogP contribution in [-0.2, 0) is 4.74 Å². The largest absolute Gasteiger partial charge is 0.491 e. The van der Waals surface area contributed by atoms with Gasteiger partial charge in [-0.15, -0.1) is 18.8 Å². The van der Waals surface area contributed by atoms with Gasteiger partial charge in [0.15, 0.2) is 0 Å². The number of ether oxygens (including phenoxy) is 3. The third-order valence-electron chi connectivity index (χ3n) is 3.22. The van der Waals surface area contributed by atoms with Crippen molar-refractivity contribution in [3.8, 4) is 36.2 Å². The second kappa shape index (κ2) is 10.7. The van der Waals surface area contributed by atoms with Crippen LogP contribution < -0.4 is 14.8 Å². The van der Waals surface area contributed by atoms with E-state index in [1.165, 1.54) is 12.1 Å². The standard InChI is InChI=1S/C21H25NO6/c1-6-8-9-10-12-27-17-14-15(19(23)24)13-16(26-11-7-2)18(17)22-20(25)28-21(3,4)5/h1-2,13-14H,8-12H2,3-5H3,(H,22,25)(H,23,24). The number of anilines is 1. The number of carboxylic acids is 1. The highest BCUT2D eigenvalue weighted by atomic mass is 16.6. The summed E-state index contributed by atoms with van der Waals surface area (Å²) < 4.78 is 16.4. The van der Waals surface area contributed by atoms with Crippen LogP contribution in [0.3, 0.4) is 0 Å². The third-order valence-corrected chi connectivity index (χ3v) is 3.22. The van der Waals surface area contributed by atoms with Crippen LogP contribution in [0.1, 0.15) is 50.4 Å². The Labute approximate surface area is 165 Å². The second-order valence-electron chi connectivity index (χ2n) is 6.78. The zero-order chi connectivity index (χ0) is 21.2. The average Bonchev–Trinajstić information content (AvgIpc) is 2.59. The Morgan fingerprint density at radius 3 is 2.29 bits per heavy atom. The number of unbranched alkanes of at least 4 members (excludes halogenated alkanes) is 2. The summed E-state index contributed by atoms with van der Waals surface area (Å²) in [7, 11) is 0. The number of hydrogen-bond acceptors (Lipinski definition) is 5. The number of terminal acetylenes is 2. The van der Waals surface area contributed by atoms with Gasteiger partial charge in [-0.25, -0.2) is 9.59 Å². The first-order chi connectivity index (χ1) is 13.2. The normalized spacial score (nSPS) is 10.3. The van der Waals surface area contributed by atoms with Gasteiger partial charge in [0, 0.05) is 6.42 Å². The zero-order valence-electron chi connectivity index (χ0n) is 16.3. The van der Waals surface area contributed by atoms with E-state index in [4.69, 9.17) is 27.1 Å². The smallest absolute Gasteiger partial charge is 0.412 e. The molecule has 0 saturated heterocycles. The third kappa shape index (κ3) is 7.92. The average molecular weight is 387 g/mol. The molecule has 0 spiro atoms. The van der Waals surface area contributed by atoms with E-state index in [2.05, 4.69) is 17.2 Å². The number of benzene rings is 1. The summed E-state index contributed by atoms with van der Waals surface area (Å²) in [4.78, 5) is 23.6. The molecule has 2 N–H and O–H groups in total. The van der Waals surface area contributed by atoms with E-state index < -0.39 is 17.7 Å². The van der Waals surface area contributed by atoms with Crippen molar-refractivity contribution in [1.82, 2.24) is 0 Å². The zero-order valence-corrected chi connectivity index (χ0v) is 16.3. The van der Waals surface area contributed by atoms with Crippen LogP contribution >= 0.6 is 0 Å². The lowest BCUT2D eigenvalue weighted by Crippen LogP contribution is -2.27. The van der Waals surface area contributed by atoms with Gasteiger partial charge in [-0.3, -0.25) is 5.32 Å². The van der Waals surface area contributed by atoms with Crippen molar-refractivity contribution in [2.75, 3.05) is 18.5 Å². The SMILES string of the molecule is C#CCCCCOc1cc(C(=O)O)cc(OCC#C)c1NC(=O)OC(C)(C)C. The molecular formula is C21H25NO6. The number of amides is 1. The molecule has 7 heteroatoms. The fourth-order valence-corrected chi connectivity index (χ4v) is 2.10. The van der Waals surface area contributed by atoms with Gasteiger partial charge < -0.3 is 19.3 Å². The molecule has 0 aromatic heterocycles. The maximum Gasteiger partial charge on any atom is 0.412 e. The summed E-state index contributed by atoms with van der Waals surface area (Å²) in [6, 6.07) is 2.57. The first kappa shape index (κ1) is 22.7. The molecule has 7 nitrogen and oxygen atoms in total. The first-order valence-electron chi connectivity index (χ1n) is 8.71. The van der Waals surface area contributed by atoms with Gasteiger partial charge in [0.1, 0.15) is 29.4 Å². The molecule has 0 aliphatic carbocycles. The van der Waals surface area contributed by atoms with E-state index in [1.54, 1.807) is 20.8 Å². The Hall–Kier alpha value is -3.32. The number of hydrogen-bond donors (Lipinski definition) is 2. The van der Waals surface area contributed by atoms with Crippen molar-refractivity contribution < 1.29 is 28.9 Å². The summed E-state index contributed by atoms with van der Waals surface area (Å²) >= 11 is 0. The highest BCUT2D eigenvalue weighted by Gasteiger charge is 2.22. The van der Waals surface area contributed by atoms with Crippen molar-refractivity contribution in [2.45, 2.75) is 45.6 Å². The van der Waals surface area contributed by atoms with Gasteiger partial charge >= 0.3 is 12.1 Å². The van der Waals surface area contributed by atoms with Crippen LogP contribution in [0.25, 0.3) is 0 Å². The second-order valence-corrected chi connectivity index (χ2v) is 6.78. The van der Waals surface area contributed by atoms with Gasteiger partial charge in [-0.2, -0.15) is 0 Å². The molecule has 0 aliphatic rings. The minimum atomic E-state index is -1.17. The number of carbonyl (C=O) groups is 2. The molecule has 0 bridgehead atoms. The Kier molecular flexibility index (Phi) is 8.71. The number of carbonyl (C=O) groups excluding carboxylic acids is 1. The molecule has 0 radical (unpaired) electrons. The number of aromatic carboxylic acids is 1. The molecule has 1 aromatic rings. The number of carboxylic acid groups (broad SMARTS) is 1. The predicted octanol–water partition coefficient (Wildman–Crippen LogP) is 3.93. The summed E-state index contributed by atoms with van der Waals surface area (Å²) in [6.07, 6.45) is 11.7. The molecule has 0 saturated carbocycles. The van der Waals surface area contributed by atoms with Crippen LogP contribution in [0.2, 0.25) is 0 Å². The van der Waals surface area contributed by atoms with Crippen molar-refractivity contribution in [1.29, 1.82) is 0 Å². The van der Waals surface area contributed by atoms with Gasteiger partial charge in [-0.05, 0) is 45.7 Å². The molecule has 0 unspecified atom stereocenters. The fraction of sp³-hybridized carbons (Fsp3) is 0.429. The molecule has 0 aliphatic heterocycles. The van der Waals surface area contributed by atoms with Crippen molar-refractivity contribution in [3.63, 3.8) is 0 Å². The van der Waals surface area contributed by atoms with E-state index in [0.29, 0.717) is 12.8 Å². The number of rotatable bonds is 9. The summed E-state index contributed by atoms with van der Waals surface area (Å²) in [6.45, 7) is 5.33. The molecule has 150 valence electrons. The predicted molar refractivity (Wildman–Crippen MR) is 106 cm³/mol. The molecule has 0 atom stereocenters. The lowest BCUT2D eigenvalue weighted by Gasteiger charge is -2.22. The van der Waals surface area contributed by atoms with Crippen molar-refractivity contribution in [2.24, 2.45) is 0 Å². The van der Waals surface area contributed by atoms with E-state index >= 15 is 0 Å². The Balaban J connectivity index is 3.19. The van der Waals surface area contributed by atoms with Gasteiger partial charge in [0.25, 0.3) is 0 Å². The molecular weight excluding hydrogens is 362 g/mol. The van der Waals surface area contributed by atoms with Crippen molar-refractivity contribution in [3.05, 3.63) is 17.7 Å². The van der Waals surface area contributed by atoms with E-state index in [1.807, 2.05) is 0 Å². The van der Waals surface area contributed by atoms with Crippen LogP contribution in [0.15, 0.2) is 12.1 Å². The minimum Gasteiger partial charge on any atom is -0.491 e. The van der Waals surface area contributed by atoms with Crippen LogP contribution in [-0.4, -0.2) is 36.0 Å². The Bertz CT molecular complexity index is 780. The molecule has 0 fully saturated rings. The van der Waals surface area contributed by atoms with Crippen molar-refractivity contribution >= 4 is 17.7 Å². The topological polar surface area (TPSA) is 94.1 Å². The molecule has 1 rings (SSSR count). The maximum atomic E-state index is 12.2. The molecule has 1 aromatic carbocycles. The highest BCUT2D eigenvalue weighted by molar-refractivity contribution is 5.94. The molecule has 0 heterocycles. The van der Waals surface area contributed by atoms with Gasteiger partial charge in [-0.1, -0.05) is 5.92 Å². The highest BCUT2D eigenvalue weighted by Crippen LogP contribution is 2.37. The first-order valence-corrected chi connectivity index (χ1v) is 8.71. The van der Waals surface area contributed by atoms with E-state index in [0.717, 1.165) is 6.42 Å². The summed E-state index contributed by atoms with van der Waals surface area (Å²) in [5.74, 6) is 3.87. The van der Waals surface area contributed by atoms with E-state index in [9.17, 15) is 14.7 Å². The summed E-state index contributed by atoms with van der Waals surface area (Å²) in [5.41, 5.74) is -0.645. The number of nitrogens with one attached hydrogen (secondary N) is 1. The summed E-state index contributed by atoms with van der Waals surface area (Å²) in [5, 5.41) is 11.9. The Morgan fingerprint density at radius 2 is 1.75 bits per heavy atom. The van der Waals surface area contributed by atoms with Gasteiger partial charge in [0.05, 0.1) is 12.2 Å². The van der Waals surface area contributed by atoms with Crippen LogP contribution in [0.5, 0.6) is 11.5 Å². The monoisotopic (exact) mass is 387 g/mol. The van der Waals surface area contributed by atoms with E-state index in [-0.39, 0.29) is 36.0 Å². The van der Waals surface area contributed by atoms with Crippen LogP contribution in [0.4, 0.5) is 10.5 Å². The Morgan fingerprint density at radius 1 is 1.11 bits per heavy atom. The van der Waals surface area contributed by atoms with Gasteiger partial charge in [0.2, 0.25) is 0 Å². The maximum absolute atomic E-state index is 12.2.